The Morgan fingerprint density at radius 1 is 1.22 bits per heavy atom. The average molecular weight is 721 g/mol. The van der Waals surface area contributed by atoms with E-state index in [1.807, 2.05) is 25.1 Å². The molecule has 2 aliphatic carbocycles. The van der Waals surface area contributed by atoms with Crippen LogP contribution in [0, 0.1) is 17.8 Å². The zero-order valence-electron chi connectivity index (χ0n) is 28.5. The minimum absolute atomic E-state index is 0.0676. The number of aliphatic hydroxyl groups is 1. The first-order chi connectivity index (χ1) is 24.0. The molecule has 2 bridgehead atoms. The molecule has 1 spiro atoms. The van der Waals surface area contributed by atoms with Gasteiger partial charge in [0.15, 0.2) is 0 Å². The molecular weight excluding hydrogens is 678 g/mol. The van der Waals surface area contributed by atoms with Crippen molar-refractivity contribution < 1.29 is 28.4 Å². The van der Waals surface area contributed by atoms with Crippen LogP contribution in [0.5, 0.6) is 11.6 Å². The second-order valence-electron chi connectivity index (χ2n) is 14.2. The van der Waals surface area contributed by atoms with Crippen LogP contribution in [0.4, 0.5) is 5.69 Å². The molecule has 3 aromatic rings. The number of ether oxygens (including phenoxy) is 2. The van der Waals surface area contributed by atoms with Crippen molar-refractivity contribution in [1.29, 1.82) is 0 Å². The molecule has 1 aromatic heterocycles. The van der Waals surface area contributed by atoms with Crippen molar-refractivity contribution in [1.82, 2.24) is 15.1 Å². The maximum absolute atomic E-state index is 13.9. The van der Waals surface area contributed by atoms with Crippen molar-refractivity contribution >= 4 is 39.7 Å². The van der Waals surface area contributed by atoms with Gasteiger partial charge in [0.25, 0.3) is 11.8 Å². The van der Waals surface area contributed by atoms with Crippen molar-refractivity contribution in [2.24, 2.45) is 29.2 Å². The van der Waals surface area contributed by atoms with Gasteiger partial charge in [-0.05, 0) is 103 Å². The molecule has 50 heavy (non-hydrogen) atoms. The van der Waals surface area contributed by atoms with Gasteiger partial charge in [0.2, 0.25) is 5.88 Å². The molecule has 7 rings (SSSR count). The maximum atomic E-state index is 13.9. The summed E-state index contributed by atoms with van der Waals surface area (Å²) in [5.74, 6) is -0.492. The Morgan fingerprint density at radius 2 is 2.06 bits per heavy atom. The van der Waals surface area contributed by atoms with Gasteiger partial charge in [-0.15, -0.1) is 5.10 Å². The Hall–Kier alpha value is -3.87. The van der Waals surface area contributed by atoms with Crippen LogP contribution in [0.15, 0.2) is 59.1 Å². The first-order valence-electron chi connectivity index (χ1n) is 17.3. The zero-order chi connectivity index (χ0) is 35.2. The summed E-state index contributed by atoms with van der Waals surface area (Å²) in [5, 5.41) is 18.1. The molecule has 2 aliphatic heterocycles. The molecule has 1 unspecified atom stereocenters. The summed E-state index contributed by atoms with van der Waals surface area (Å²) in [5.41, 5.74) is 3.43. The van der Waals surface area contributed by atoms with Gasteiger partial charge in [-0.3, -0.25) is 14.3 Å². The number of carbonyl (C=O) groups is 2. The summed E-state index contributed by atoms with van der Waals surface area (Å²) >= 11 is 6.42. The molecule has 0 saturated heterocycles. The summed E-state index contributed by atoms with van der Waals surface area (Å²) in [7, 11) is 0.938. The van der Waals surface area contributed by atoms with E-state index in [0.29, 0.717) is 31.9 Å². The molecule has 2 aromatic carbocycles. The lowest BCUT2D eigenvalue weighted by Crippen LogP contribution is -2.49. The van der Waals surface area contributed by atoms with E-state index >= 15 is 0 Å². The predicted octanol–water partition coefficient (Wildman–Crippen LogP) is 5.58. The number of hydrogen-bond acceptors (Lipinski definition) is 9. The molecule has 2 amide bonds. The number of carbonyl (C=O) groups excluding carboxylic acids is 2. The Balaban J connectivity index is 1.27. The number of nitrogens with zero attached hydrogens (tertiary/aromatic N) is 4. The Labute approximate surface area is 299 Å². The number of benzene rings is 2. The van der Waals surface area contributed by atoms with Crippen LogP contribution < -0.4 is 19.7 Å². The van der Waals surface area contributed by atoms with E-state index in [1.165, 1.54) is 29.1 Å². The summed E-state index contributed by atoms with van der Waals surface area (Å²) in [6.07, 6.45) is 9.74. The fraction of sp³-hybridized carbons (Fsp3) is 0.486. The van der Waals surface area contributed by atoms with Crippen LogP contribution in [0.2, 0.25) is 5.02 Å². The molecule has 266 valence electrons. The Bertz CT molecular complexity index is 1920. The number of allylic oxidation sites excluding steroid dienone is 1. The van der Waals surface area contributed by atoms with E-state index < -0.39 is 39.8 Å². The number of fused-ring (bicyclic) bond motifs is 4. The fourth-order valence-electron chi connectivity index (χ4n) is 8.06. The topological polar surface area (TPSA) is 135 Å². The van der Waals surface area contributed by atoms with Crippen LogP contribution in [0.25, 0.3) is 0 Å². The number of nitrogens with one attached hydrogen (secondary N) is 1. The van der Waals surface area contributed by atoms with Gasteiger partial charge < -0.3 is 33.4 Å². The molecule has 13 heteroatoms. The minimum atomic E-state index is -2.14. The van der Waals surface area contributed by atoms with Gasteiger partial charge >= 0.3 is 0 Å². The van der Waals surface area contributed by atoms with Gasteiger partial charge in [-0.25, -0.2) is 0 Å². The number of rotatable bonds is 3. The molecule has 0 radical (unpaired) electrons. The number of halogens is 1. The molecule has 6 atom stereocenters. The monoisotopic (exact) mass is 720 g/mol. The van der Waals surface area contributed by atoms with E-state index in [2.05, 4.69) is 31.8 Å². The number of amides is 2. The molecule has 1 fully saturated rings. The highest BCUT2D eigenvalue weighted by atomic mass is 35.5. The summed E-state index contributed by atoms with van der Waals surface area (Å²) in [4.78, 5) is 29.5. The number of anilines is 1. The van der Waals surface area contributed by atoms with Crippen LogP contribution >= 0.6 is 11.6 Å². The number of hydrogen-bond donors (Lipinski definition) is 2. The molecular formula is C37H43ClN5O6S-. The number of aryl methyl sites for hydroxylation is 2. The lowest BCUT2D eigenvalue weighted by atomic mass is 9.68. The highest BCUT2D eigenvalue weighted by molar-refractivity contribution is 7.75. The second-order valence-corrected chi connectivity index (χ2v) is 15.9. The number of methoxy groups -OCH3 is 1. The van der Waals surface area contributed by atoms with Gasteiger partial charge in [0.05, 0.1) is 25.5 Å². The molecule has 4 aliphatic rings. The van der Waals surface area contributed by atoms with E-state index in [1.54, 1.807) is 25.2 Å². The predicted molar refractivity (Wildman–Crippen MR) is 191 cm³/mol. The van der Waals surface area contributed by atoms with E-state index in [9.17, 15) is 18.9 Å². The molecule has 3 heterocycles. The van der Waals surface area contributed by atoms with Gasteiger partial charge in [-0.1, -0.05) is 36.7 Å². The van der Waals surface area contributed by atoms with E-state index in [4.69, 9.17) is 21.1 Å². The van der Waals surface area contributed by atoms with Crippen molar-refractivity contribution in [2.75, 3.05) is 31.7 Å². The van der Waals surface area contributed by atoms with Crippen LogP contribution in [0.1, 0.15) is 70.9 Å². The number of aromatic nitrogens is 2. The normalized spacial score (nSPS) is 29.0. The van der Waals surface area contributed by atoms with Gasteiger partial charge in [-0.2, -0.15) is 10.6 Å². The largest absolute Gasteiger partial charge is 0.490 e. The van der Waals surface area contributed by atoms with E-state index in [0.717, 1.165) is 42.8 Å². The maximum Gasteiger partial charge on any atom is 0.257 e. The lowest BCUT2D eigenvalue weighted by Gasteiger charge is -2.45. The SMILES string of the molecule is COc1nn(C)cc1C(=O)NC1[C@@H](C)C/C=C/[C@H](O)[C@@H]2CC[C@H]2CN2C[C@@]3(CCCc4cc(Cl)ccc43)COc3ccc(cc32)C(=O)N=[S-]1=O. The standard InChI is InChI=1S/C37H43ClN5O6S/c1-22-6-4-8-31(44)27-12-9-25(27)18-43-20-37(15-5-7-23-16-26(38)11-13-29(23)37)21-49-32-14-10-24(17-30(32)43)33(45)41-50(47)36(22)39-34(46)28-19-42(2)40-35(28)48-3/h4,8,10-11,13-14,16-17,19,22,25,27,31,36,44H,5-7,9,12,15,18,20-21H2,1-3H3,(H,39,46)/q-1/b8-4+/t22-,25-,27+,31-,36?,37-/m0/s1. The number of aliphatic hydroxyl groups excluding tert-OH is 1. The minimum Gasteiger partial charge on any atom is -0.490 e. The van der Waals surface area contributed by atoms with Gasteiger partial charge in [0.1, 0.15) is 11.3 Å². The molecule has 1 saturated carbocycles. The van der Waals surface area contributed by atoms with Crippen molar-refractivity contribution in [2.45, 2.75) is 62.3 Å². The first-order valence-corrected chi connectivity index (χ1v) is 18.8. The summed E-state index contributed by atoms with van der Waals surface area (Å²) in [6.45, 7) is 3.68. The Kier molecular flexibility index (Phi) is 9.71. The summed E-state index contributed by atoms with van der Waals surface area (Å²) < 4.78 is 31.3. The molecule has 2 N–H and O–H groups in total. The van der Waals surface area contributed by atoms with E-state index in [-0.39, 0.29) is 34.3 Å². The van der Waals surface area contributed by atoms with Crippen LogP contribution in [-0.4, -0.2) is 65.0 Å². The third-order valence-electron chi connectivity index (χ3n) is 10.9. The average Bonchev–Trinajstić information content (AvgIpc) is 3.40. The summed E-state index contributed by atoms with van der Waals surface area (Å²) in [6, 6.07) is 11.4. The smallest absolute Gasteiger partial charge is 0.257 e. The van der Waals surface area contributed by atoms with Crippen molar-refractivity contribution in [3.8, 4) is 11.6 Å². The third-order valence-corrected chi connectivity index (χ3v) is 12.5. The molecule has 11 nitrogen and oxygen atoms in total. The highest BCUT2D eigenvalue weighted by Crippen LogP contribution is 2.47. The fourth-order valence-corrected chi connectivity index (χ4v) is 9.36. The lowest BCUT2D eigenvalue weighted by molar-refractivity contribution is 0.0455. The third kappa shape index (κ3) is 6.65. The quantitative estimate of drug-likeness (QED) is 0.265. The highest BCUT2D eigenvalue weighted by Gasteiger charge is 2.44. The van der Waals surface area contributed by atoms with Crippen LogP contribution in [-0.2, 0) is 33.7 Å². The van der Waals surface area contributed by atoms with Crippen LogP contribution in [0.3, 0.4) is 0 Å². The van der Waals surface area contributed by atoms with Crippen molar-refractivity contribution in [3.05, 3.63) is 82.0 Å². The van der Waals surface area contributed by atoms with Crippen molar-refractivity contribution in [3.63, 3.8) is 0 Å². The van der Waals surface area contributed by atoms with Gasteiger partial charge in [0, 0.05) is 42.3 Å². The zero-order valence-corrected chi connectivity index (χ0v) is 30.1. The Morgan fingerprint density at radius 3 is 2.84 bits per heavy atom. The first kappa shape index (κ1) is 34.6. The second kappa shape index (κ2) is 14.0.